The maximum Gasteiger partial charge on any atom is 0.412 e. The molecule has 0 aliphatic heterocycles. The Hall–Kier alpha value is -3.32. The number of ether oxygens (including phenoxy) is 2. The largest absolute Gasteiger partial charge is 0.506 e. The summed E-state index contributed by atoms with van der Waals surface area (Å²) in [6, 6.07) is 17.7. The van der Waals surface area contributed by atoms with Crippen molar-refractivity contribution in [3.8, 4) is 11.5 Å². The van der Waals surface area contributed by atoms with Gasteiger partial charge in [0.25, 0.3) is 0 Å². The number of phenolic OH excluding ortho intramolecular Hbond substituents is 1. The Balaban J connectivity index is 1.69. The fourth-order valence-electron chi connectivity index (χ4n) is 3.34. The SMILES string of the molecule is Cc1cc(OCP(=O)(O)O)cc(C)c1Cc1ccc(O)c(NC(=O)OCc2ccccc2)c1. The highest BCUT2D eigenvalue weighted by Crippen LogP contribution is 2.35. The van der Waals surface area contributed by atoms with E-state index in [2.05, 4.69) is 5.32 Å². The topological polar surface area (TPSA) is 125 Å². The number of hydrogen-bond acceptors (Lipinski definition) is 5. The number of aromatic hydroxyl groups is 1. The molecule has 0 saturated heterocycles. The number of anilines is 1. The van der Waals surface area contributed by atoms with Gasteiger partial charge in [0.1, 0.15) is 18.1 Å². The molecule has 0 aliphatic rings. The van der Waals surface area contributed by atoms with Crippen molar-refractivity contribution in [1.82, 2.24) is 0 Å². The van der Waals surface area contributed by atoms with E-state index in [-0.39, 0.29) is 18.0 Å². The van der Waals surface area contributed by atoms with Crippen molar-refractivity contribution in [3.63, 3.8) is 0 Å². The highest BCUT2D eigenvalue weighted by molar-refractivity contribution is 7.51. The predicted molar refractivity (Wildman–Crippen MR) is 125 cm³/mol. The number of hydrogen-bond donors (Lipinski definition) is 4. The van der Waals surface area contributed by atoms with Gasteiger partial charge in [-0.25, -0.2) is 4.79 Å². The highest BCUT2D eigenvalue weighted by Gasteiger charge is 2.15. The van der Waals surface area contributed by atoms with Crippen LogP contribution in [-0.2, 0) is 22.3 Å². The number of benzene rings is 3. The number of phenols is 1. The third-order valence-corrected chi connectivity index (χ3v) is 5.43. The maximum atomic E-state index is 12.2. The van der Waals surface area contributed by atoms with E-state index in [9.17, 15) is 14.5 Å². The first-order valence-corrected chi connectivity index (χ1v) is 12.0. The lowest BCUT2D eigenvalue weighted by atomic mass is 9.95. The molecule has 4 N–H and O–H groups in total. The van der Waals surface area contributed by atoms with E-state index in [0.29, 0.717) is 12.2 Å². The Bertz CT molecular complexity index is 1150. The van der Waals surface area contributed by atoms with Crippen molar-refractivity contribution in [2.75, 3.05) is 11.7 Å². The molecule has 0 unspecified atom stereocenters. The number of rotatable bonds is 8. The molecule has 174 valence electrons. The molecule has 0 heterocycles. The lowest BCUT2D eigenvalue weighted by Crippen LogP contribution is -2.13. The molecule has 8 nitrogen and oxygen atoms in total. The van der Waals surface area contributed by atoms with Crippen LogP contribution in [0.5, 0.6) is 11.5 Å². The molecular formula is C24H26NO7P. The molecular weight excluding hydrogens is 445 g/mol. The predicted octanol–water partition coefficient (Wildman–Crippen LogP) is 4.86. The van der Waals surface area contributed by atoms with Crippen LogP contribution in [0.2, 0.25) is 0 Å². The fourth-order valence-corrected chi connectivity index (χ4v) is 3.66. The van der Waals surface area contributed by atoms with Gasteiger partial charge in [-0.1, -0.05) is 36.4 Å². The summed E-state index contributed by atoms with van der Waals surface area (Å²) in [6.07, 6.45) is -0.839. The van der Waals surface area contributed by atoms with Crippen LogP contribution >= 0.6 is 7.60 Å². The van der Waals surface area contributed by atoms with E-state index >= 15 is 0 Å². The van der Waals surface area contributed by atoms with Gasteiger partial charge in [-0.2, -0.15) is 0 Å². The van der Waals surface area contributed by atoms with Crippen LogP contribution in [0.25, 0.3) is 0 Å². The Morgan fingerprint density at radius 2 is 1.64 bits per heavy atom. The minimum absolute atomic E-state index is 0.0787. The lowest BCUT2D eigenvalue weighted by molar-refractivity contribution is 0.155. The molecule has 0 atom stereocenters. The van der Waals surface area contributed by atoms with Gasteiger partial charge < -0.3 is 24.4 Å². The molecule has 0 spiro atoms. The molecule has 1 amide bonds. The molecule has 0 radical (unpaired) electrons. The summed E-state index contributed by atoms with van der Waals surface area (Å²) in [6.45, 7) is 3.88. The number of carbonyl (C=O) groups excluding carboxylic acids is 1. The van der Waals surface area contributed by atoms with E-state index in [4.69, 9.17) is 19.3 Å². The molecule has 9 heteroatoms. The van der Waals surface area contributed by atoms with Gasteiger partial charge in [-0.3, -0.25) is 9.88 Å². The summed E-state index contributed by atoms with van der Waals surface area (Å²) in [5.74, 6) is 0.302. The minimum Gasteiger partial charge on any atom is -0.506 e. The van der Waals surface area contributed by atoms with Crippen molar-refractivity contribution in [2.45, 2.75) is 26.9 Å². The number of amides is 1. The van der Waals surface area contributed by atoms with Crippen molar-refractivity contribution in [3.05, 3.63) is 88.5 Å². The number of carbonyl (C=O) groups is 1. The van der Waals surface area contributed by atoms with Crippen LogP contribution in [0.4, 0.5) is 10.5 Å². The van der Waals surface area contributed by atoms with Gasteiger partial charge in [-0.15, -0.1) is 0 Å². The second-order valence-electron chi connectivity index (χ2n) is 7.69. The zero-order valence-electron chi connectivity index (χ0n) is 18.3. The van der Waals surface area contributed by atoms with E-state index in [1.54, 1.807) is 24.3 Å². The normalized spacial score (nSPS) is 11.2. The number of aryl methyl sites for hydroxylation is 2. The van der Waals surface area contributed by atoms with Crippen LogP contribution in [0.15, 0.2) is 60.7 Å². The van der Waals surface area contributed by atoms with Gasteiger partial charge in [0.05, 0.1) is 5.69 Å². The van der Waals surface area contributed by atoms with E-state index in [0.717, 1.165) is 27.8 Å². The summed E-state index contributed by atoms with van der Waals surface area (Å²) in [5.41, 5.74) is 4.72. The zero-order chi connectivity index (χ0) is 24.0. The van der Waals surface area contributed by atoms with Gasteiger partial charge in [0, 0.05) is 0 Å². The third kappa shape index (κ3) is 7.36. The summed E-state index contributed by atoms with van der Waals surface area (Å²) < 4.78 is 21.5. The highest BCUT2D eigenvalue weighted by atomic mass is 31.2. The summed E-state index contributed by atoms with van der Waals surface area (Å²) >= 11 is 0. The molecule has 0 aromatic heterocycles. The molecule has 3 rings (SSSR count). The summed E-state index contributed by atoms with van der Waals surface area (Å²) in [7, 11) is -4.26. The van der Waals surface area contributed by atoms with Crippen molar-refractivity contribution >= 4 is 19.4 Å². The van der Waals surface area contributed by atoms with Crippen LogP contribution in [-0.4, -0.2) is 27.3 Å². The Morgan fingerprint density at radius 1 is 0.970 bits per heavy atom. The average molecular weight is 471 g/mol. The Kier molecular flexibility index (Phi) is 7.76. The van der Waals surface area contributed by atoms with Gasteiger partial charge in [0.15, 0.2) is 6.35 Å². The van der Waals surface area contributed by atoms with E-state index in [1.165, 1.54) is 6.07 Å². The molecule has 3 aromatic carbocycles. The van der Waals surface area contributed by atoms with Gasteiger partial charge in [-0.05, 0) is 72.4 Å². The minimum atomic E-state index is -4.26. The quantitative estimate of drug-likeness (QED) is 0.273. The molecule has 0 saturated carbocycles. The van der Waals surface area contributed by atoms with Gasteiger partial charge >= 0.3 is 13.7 Å². The first-order chi connectivity index (χ1) is 15.6. The van der Waals surface area contributed by atoms with Crippen LogP contribution < -0.4 is 10.1 Å². The zero-order valence-corrected chi connectivity index (χ0v) is 19.2. The maximum absolute atomic E-state index is 12.2. The average Bonchev–Trinajstić information content (AvgIpc) is 2.76. The van der Waals surface area contributed by atoms with Crippen molar-refractivity contribution in [2.24, 2.45) is 0 Å². The molecule has 3 aromatic rings. The molecule has 0 fully saturated rings. The molecule has 0 bridgehead atoms. The van der Waals surface area contributed by atoms with Gasteiger partial charge in [0.2, 0.25) is 0 Å². The van der Waals surface area contributed by atoms with Crippen LogP contribution in [0.1, 0.15) is 27.8 Å². The molecule has 33 heavy (non-hydrogen) atoms. The van der Waals surface area contributed by atoms with Crippen molar-refractivity contribution in [1.29, 1.82) is 0 Å². The standard InChI is InChI=1S/C24H26NO7P/c1-16-10-20(32-15-33(28,29)30)11-17(2)21(16)12-19-8-9-23(26)22(13-19)25-24(27)31-14-18-6-4-3-5-7-18/h3-11,13,26H,12,14-15H2,1-2H3,(H,25,27)(H2,28,29,30). The first-order valence-electron chi connectivity index (χ1n) is 10.2. The lowest BCUT2D eigenvalue weighted by Gasteiger charge is -2.15. The monoisotopic (exact) mass is 471 g/mol. The number of nitrogens with one attached hydrogen (secondary N) is 1. The van der Waals surface area contributed by atoms with Crippen LogP contribution in [0, 0.1) is 13.8 Å². The second-order valence-corrected chi connectivity index (χ2v) is 9.28. The Morgan fingerprint density at radius 3 is 2.27 bits per heavy atom. The first kappa shape index (κ1) is 24.3. The Labute approximate surface area is 192 Å². The fraction of sp³-hybridized carbons (Fsp3) is 0.208. The van der Waals surface area contributed by atoms with Crippen LogP contribution in [0.3, 0.4) is 0 Å². The molecule has 0 aliphatic carbocycles. The van der Waals surface area contributed by atoms with E-state index in [1.807, 2.05) is 44.2 Å². The van der Waals surface area contributed by atoms with E-state index < -0.39 is 20.0 Å². The second kappa shape index (κ2) is 10.5. The third-order valence-electron chi connectivity index (χ3n) is 4.96. The summed E-state index contributed by atoms with van der Waals surface area (Å²) in [5, 5.41) is 12.7. The van der Waals surface area contributed by atoms with Crippen molar-refractivity contribution < 1.29 is 33.7 Å². The smallest absolute Gasteiger partial charge is 0.412 e. The summed E-state index contributed by atoms with van der Waals surface area (Å²) in [4.78, 5) is 30.2.